The number of hydrogen-bond donors (Lipinski definition) is 1. The number of nitrogens with zero attached hydrogens (tertiary/aromatic N) is 1. The molecule has 29 heavy (non-hydrogen) atoms. The van der Waals surface area contributed by atoms with Gasteiger partial charge in [0.1, 0.15) is 10.6 Å². The Balaban J connectivity index is 2.17. The van der Waals surface area contributed by atoms with Gasteiger partial charge in [-0.15, -0.1) is 0 Å². The highest BCUT2D eigenvalue weighted by Crippen LogP contribution is 2.25. The standard InChI is InChI=1S/C19H21ClN2O6S/c1-4-27-18(23)12-28-15-7-5-6-14(11-15)21-19(24)13-8-9-16(20)17(10-13)29(25,26)22(2)3/h5-11H,4,12H2,1-3H3,(H,21,24). The third-order valence-corrected chi connectivity index (χ3v) is 6.00. The third kappa shape index (κ3) is 5.93. The molecule has 2 rings (SSSR count). The summed E-state index contributed by atoms with van der Waals surface area (Å²) in [5, 5.41) is 2.67. The number of sulfonamides is 1. The lowest BCUT2D eigenvalue weighted by molar-refractivity contribution is -0.145. The summed E-state index contributed by atoms with van der Waals surface area (Å²) >= 11 is 6.00. The molecular weight excluding hydrogens is 420 g/mol. The second-order valence-corrected chi connectivity index (χ2v) is 8.54. The van der Waals surface area contributed by atoms with Gasteiger partial charge in [-0.2, -0.15) is 0 Å². The SMILES string of the molecule is CCOC(=O)COc1cccc(NC(=O)c2ccc(Cl)c(S(=O)(=O)N(C)C)c2)c1. The van der Waals surface area contributed by atoms with Crippen molar-refractivity contribution in [3.8, 4) is 5.75 Å². The summed E-state index contributed by atoms with van der Waals surface area (Å²) in [4.78, 5) is 23.8. The number of halogens is 1. The summed E-state index contributed by atoms with van der Waals surface area (Å²) in [5.74, 6) is -0.667. The second-order valence-electron chi connectivity index (χ2n) is 6.01. The quantitative estimate of drug-likeness (QED) is 0.633. The van der Waals surface area contributed by atoms with Gasteiger partial charge >= 0.3 is 5.97 Å². The van der Waals surface area contributed by atoms with E-state index in [0.717, 1.165) is 4.31 Å². The zero-order chi connectivity index (χ0) is 21.6. The smallest absolute Gasteiger partial charge is 0.344 e. The Morgan fingerprint density at radius 1 is 1.14 bits per heavy atom. The Bertz CT molecular complexity index is 1010. The number of ether oxygens (including phenoxy) is 2. The second kappa shape index (κ2) is 9.73. The minimum atomic E-state index is -3.81. The highest BCUT2D eigenvalue weighted by Gasteiger charge is 2.22. The van der Waals surface area contributed by atoms with Gasteiger partial charge in [-0.25, -0.2) is 17.5 Å². The molecule has 156 valence electrons. The summed E-state index contributed by atoms with van der Waals surface area (Å²) in [5.41, 5.74) is 0.524. The average molecular weight is 441 g/mol. The molecule has 0 bridgehead atoms. The molecule has 0 unspecified atom stereocenters. The Morgan fingerprint density at radius 3 is 2.52 bits per heavy atom. The predicted octanol–water partition coefficient (Wildman–Crippen LogP) is 2.78. The van der Waals surface area contributed by atoms with Crippen molar-refractivity contribution < 1.29 is 27.5 Å². The first kappa shape index (κ1) is 22.7. The van der Waals surface area contributed by atoms with E-state index in [1.54, 1.807) is 25.1 Å². The average Bonchev–Trinajstić information content (AvgIpc) is 2.67. The molecule has 0 saturated heterocycles. The van der Waals surface area contributed by atoms with E-state index in [2.05, 4.69) is 5.32 Å². The Kier molecular flexibility index (Phi) is 7.60. The highest BCUT2D eigenvalue weighted by atomic mass is 35.5. The van der Waals surface area contributed by atoms with Crippen LogP contribution in [0.1, 0.15) is 17.3 Å². The molecule has 0 radical (unpaired) electrons. The number of hydrogen-bond acceptors (Lipinski definition) is 6. The lowest BCUT2D eigenvalue weighted by Gasteiger charge is -2.14. The first-order valence-electron chi connectivity index (χ1n) is 8.57. The Labute approximate surface area is 174 Å². The fourth-order valence-corrected chi connectivity index (χ4v) is 3.64. The molecule has 0 aromatic heterocycles. The number of anilines is 1. The molecule has 0 heterocycles. The topological polar surface area (TPSA) is 102 Å². The number of esters is 1. The molecule has 0 fully saturated rings. The first-order valence-corrected chi connectivity index (χ1v) is 10.4. The largest absolute Gasteiger partial charge is 0.482 e. The van der Waals surface area contributed by atoms with Crippen molar-refractivity contribution in [1.82, 2.24) is 4.31 Å². The van der Waals surface area contributed by atoms with Gasteiger partial charge in [0, 0.05) is 31.4 Å². The zero-order valence-electron chi connectivity index (χ0n) is 16.1. The van der Waals surface area contributed by atoms with Crippen LogP contribution < -0.4 is 10.1 Å². The van der Waals surface area contributed by atoms with E-state index in [0.29, 0.717) is 11.4 Å². The molecule has 1 amide bonds. The monoisotopic (exact) mass is 440 g/mol. The maximum atomic E-state index is 12.6. The summed E-state index contributed by atoms with van der Waals surface area (Å²) in [7, 11) is -1.06. The maximum Gasteiger partial charge on any atom is 0.344 e. The number of amides is 1. The highest BCUT2D eigenvalue weighted by molar-refractivity contribution is 7.89. The number of benzene rings is 2. The van der Waals surface area contributed by atoms with Gasteiger partial charge in [0.15, 0.2) is 6.61 Å². The molecule has 0 atom stereocenters. The molecule has 0 spiro atoms. The van der Waals surface area contributed by atoms with E-state index >= 15 is 0 Å². The maximum absolute atomic E-state index is 12.6. The van der Waals surface area contributed by atoms with Crippen LogP contribution >= 0.6 is 11.6 Å². The van der Waals surface area contributed by atoms with E-state index in [9.17, 15) is 18.0 Å². The van der Waals surface area contributed by atoms with Crippen molar-refractivity contribution in [1.29, 1.82) is 0 Å². The molecule has 0 aliphatic carbocycles. The Hall–Kier alpha value is -2.62. The van der Waals surface area contributed by atoms with E-state index < -0.39 is 21.9 Å². The number of nitrogens with one attached hydrogen (secondary N) is 1. The molecule has 0 aliphatic rings. The van der Waals surface area contributed by atoms with Gasteiger partial charge in [-0.05, 0) is 37.3 Å². The molecule has 8 nitrogen and oxygen atoms in total. The minimum Gasteiger partial charge on any atom is -0.482 e. The minimum absolute atomic E-state index is 0.0182. The van der Waals surface area contributed by atoms with Crippen LogP contribution in [0.15, 0.2) is 47.4 Å². The van der Waals surface area contributed by atoms with Gasteiger partial charge in [0.2, 0.25) is 10.0 Å². The van der Waals surface area contributed by atoms with Gasteiger partial charge in [0.05, 0.1) is 11.6 Å². The number of rotatable bonds is 8. The molecule has 2 aromatic rings. The van der Waals surface area contributed by atoms with Crippen LogP contribution in [-0.4, -0.2) is 51.9 Å². The molecule has 0 saturated carbocycles. The fourth-order valence-electron chi connectivity index (χ4n) is 2.25. The third-order valence-electron chi connectivity index (χ3n) is 3.71. The van der Waals surface area contributed by atoms with Crippen molar-refractivity contribution in [2.24, 2.45) is 0 Å². The van der Waals surface area contributed by atoms with E-state index in [-0.39, 0.29) is 28.7 Å². The number of carbonyl (C=O) groups excluding carboxylic acids is 2. The summed E-state index contributed by atoms with van der Waals surface area (Å²) in [6.07, 6.45) is 0. The van der Waals surface area contributed by atoms with Crippen molar-refractivity contribution in [2.45, 2.75) is 11.8 Å². The first-order chi connectivity index (χ1) is 13.6. The van der Waals surface area contributed by atoms with Gasteiger partial charge in [-0.3, -0.25) is 4.79 Å². The normalized spacial score (nSPS) is 11.2. The van der Waals surface area contributed by atoms with Crippen molar-refractivity contribution in [2.75, 3.05) is 32.6 Å². The molecule has 0 aliphatic heterocycles. The van der Waals surface area contributed by atoms with Crippen molar-refractivity contribution in [3.63, 3.8) is 0 Å². The van der Waals surface area contributed by atoms with Crippen LogP contribution in [0.3, 0.4) is 0 Å². The van der Waals surface area contributed by atoms with Crippen LogP contribution in [-0.2, 0) is 19.6 Å². The van der Waals surface area contributed by atoms with Crippen LogP contribution in [0.4, 0.5) is 5.69 Å². The van der Waals surface area contributed by atoms with E-state index in [1.807, 2.05) is 0 Å². The van der Waals surface area contributed by atoms with E-state index in [4.69, 9.17) is 21.1 Å². The lowest BCUT2D eigenvalue weighted by atomic mass is 10.2. The fraction of sp³-hybridized carbons (Fsp3) is 0.263. The van der Waals surface area contributed by atoms with Crippen molar-refractivity contribution >= 4 is 39.2 Å². The molecule has 10 heteroatoms. The lowest BCUT2D eigenvalue weighted by Crippen LogP contribution is -2.23. The zero-order valence-corrected chi connectivity index (χ0v) is 17.7. The molecular formula is C19H21ClN2O6S. The van der Waals surface area contributed by atoms with Gasteiger partial charge in [-0.1, -0.05) is 17.7 Å². The summed E-state index contributed by atoms with van der Waals surface area (Å²) in [6.45, 7) is 1.69. The summed E-state index contributed by atoms with van der Waals surface area (Å²) < 4.78 is 35.8. The van der Waals surface area contributed by atoms with Gasteiger partial charge in [0.25, 0.3) is 5.91 Å². The molecule has 2 aromatic carbocycles. The predicted molar refractivity (Wildman–Crippen MR) is 109 cm³/mol. The van der Waals surface area contributed by atoms with Crippen LogP contribution in [0, 0.1) is 0 Å². The molecule has 1 N–H and O–H groups in total. The summed E-state index contributed by atoms with van der Waals surface area (Å²) in [6, 6.07) is 10.4. The van der Waals surface area contributed by atoms with Crippen LogP contribution in [0.5, 0.6) is 5.75 Å². The van der Waals surface area contributed by atoms with Gasteiger partial charge < -0.3 is 14.8 Å². The van der Waals surface area contributed by atoms with E-state index in [1.165, 1.54) is 38.4 Å². The van der Waals surface area contributed by atoms with Crippen LogP contribution in [0.2, 0.25) is 5.02 Å². The van der Waals surface area contributed by atoms with Crippen LogP contribution in [0.25, 0.3) is 0 Å². The Morgan fingerprint density at radius 2 is 1.86 bits per heavy atom. The number of carbonyl (C=O) groups is 2. The van der Waals surface area contributed by atoms with Crippen molar-refractivity contribution in [3.05, 3.63) is 53.1 Å².